The van der Waals surface area contributed by atoms with E-state index >= 15 is 0 Å². The number of sulfonamides is 2. The fourth-order valence-electron chi connectivity index (χ4n) is 4.57. The average molecular weight is 537 g/mol. The summed E-state index contributed by atoms with van der Waals surface area (Å²) in [7, 11) is -3.90. The van der Waals surface area contributed by atoms with Crippen molar-refractivity contribution in [1.29, 1.82) is 0 Å². The Morgan fingerprint density at radius 1 is 0.861 bits per heavy atom. The minimum absolute atomic E-state index is 0.0776. The van der Waals surface area contributed by atoms with Crippen LogP contribution in [-0.4, -0.2) is 54.8 Å². The molecule has 2 aromatic rings. The van der Waals surface area contributed by atoms with Crippen molar-refractivity contribution in [1.82, 2.24) is 19.7 Å². The van der Waals surface area contributed by atoms with E-state index in [9.17, 15) is 21.6 Å². The van der Waals surface area contributed by atoms with Crippen molar-refractivity contribution in [3.8, 4) is 0 Å². The largest absolute Gasteiger partial charge is 0.336 e. The van der Waals surface area contributed by atoms with Crippen LogP contribution in [0.1, 0.15) is 62.2 Å². The van der Waals surface area contributed by atoms with Gasteiger partial charge in [-0.25, -0.2) is 26.3 Å². The van der Waals surface area contributed by atoms with E-state index in [4.69, 9.17) is 0 Å². The number of benzene rings is 2. The second-order valence-electron chi connectivity index (χ2n) is 8.80. The summed E-state index contributed by atoms with van der Waals surface area (Å²) in [4.78, 5) is 14.3. The van der Waals surface area contributed by atoms with Crippen molar-refractivity contribution < 1.29 is 21.6 Å². The summed E-state index contributed by atoms with van der Waals surface area (Å²) in [6.07, 6.45) is 4.74. The molecule has 2 heterocycles. The molecule has 11 heteroatoms. The van der Waals surface area contributed by atoms with Crippen LogP contribution in [0.25, 0.3) is 0 Å². The zero-order chi connectivity index (χ0) is 26.3. The van der Waals surface area contributed by atoms with Gasteiger partial charge in [0.15, 0.2) is 0 Å². The van der Waals surface area contributed by atoms with Crippen molar-refractivity contribution in [2.24, 2.45) is 0 Å². The first-order valence-electron chi connectivity index (χ1n) is 12.2. The van der Waals surface area contributed by atoms with Gasteiger partial charge in [0.2, 0.25) is 26.0 Å². The Balaban J connectivity index is 0.000000205. The van der Waals surface area contributed by atoms with Crippen molar-refractivity contribution in [3.05, 3.63) is 59.7 Å². The second-order valence-corrected chi connectivity index (χ2v) is 12.6. The zero-order valence-electron chi connectivity index (χ0n) is 21.0. The zero-order valence-corrected chi connectivity index (χ0v) is 22.7. The molecular weight excluding hydrogens is 500 g/mol. The molecule has 2 aromatic carbocycles. The van der Waals surface area contributed by atoms with Gasteiger partial charge in [0.1, 0.15) is 0 Å². The third-order valence-corrected chi connectivity index (χ3v) is 9.50. The first kappa shape index (κ1) is 28.3. The standard InChI is InChI=1S/C14H20N2O3S.C11H16N2O2S/c1-3-14(17)16-10-4-5-13(16)11-6-8-12(9-7-11)20(18,19)15-2;1-12-16(14,15)10-6-4-9(5-7-10)11-3-2-8-13-11/h6-9,13,15H,3-5,10H2,1-2H3;4-7,11-13H,2-3,8H2,1H3. The maximum absolute atomic E-state index is 11.9. The number of likely N-dealkylation sites (tertiary alicyclic amines) is 1. The third kappa shape index (κ3) is 6.71. The highest BCUT2D eigenvalue weighted by Gasteiger charge is 2.29. The van der Waals surface area contributed by atoms with Gasteiger partial charge < -0.3 is 10.2 Å². The van der Waals surface area contributed by atoms with E-state index in [1.807, 2.05) is 24.0 Å². The number of nitrogens with one attached hydrogen (secondary N) is 3. The minimum Gasteiger partial charge on any atom is -0.336 e. The van der Waals surface area contributed by atoms with Gasteiger partial charge in [-0.2, -0.15) is 0 Å². The quantitative estimate of drug-likeness (QED) is 0.500. The first-order valence-corrected chi connectivity index (χ1v) is 15.2. The molecule has 0 saturated carbocycles. The molecule has 0 spiro atoms. The Labute approximate surface area is 214 Å². The maximum Gasteiger partial charge on any atom is 0.240 e. The first-order chi connectivity index (χ1) is 17.1. The average Bonchev–Trinajstić information content (AvgIpc) is 3.62. The Morgan fingerprint density at radius 3 is 1.83 bits per heavy atom. The lowest BCUT2D eigenvalue weighted by Gasteiger charge is -2.24. The Kier molecular flexibility index (Phi) is 9.65. The van der Waals surface area contributed by atoms with Gasteiger partial charge in [-0.05, 0) is 81.7 Å². The van der Waals surface area contributed by atoms with E-state index < -0.39 is 20.0 Å². The highest BCUT2D eigenvalue weighted by molar-refractivity contribution is 7.89. The molecule has 0 aliphatic carbocycles. The summed E-state index contributed by atoms with van der Waals surface area (Å²) in [5.74, 6) is 0.152. The van der Waals surface area contributed by atoms with Gasteiger partial charge in [0.05, 0.1) is 15.8 Å². The summed E-state index contributed by atoms with van der Waals surface area (Å²) >= 11 is 0. The van der Waals surface area contributed by atoms with Gasteiger partial charge in [-0.15, -0.1) is 0 Å². The summed E-state index contributed by atoms with van der Waals surface area (Å²) in [6, 6.07) is 14.3. The molecule has 0 radical (unpaired) electrons. The number of amides is 1. The number of nitrogens with zero attached hydrogens (tertiary/aromatic N) is 1. The lowest BCUT2D eigenvalue weighted by atomic mass is 10.0. The molecule has 3 N–H and O–H groups in total. The number of rotatable bonds is 7. The minimum atomic E-state index is -3.40. The van der Waals surface area contributed by atoms with Gasteiger partial charge >= 0.3 is 0 Å². The Bertz CT molecular complexity index is 1220. The number of carbonyl (C=O) groups excluding carboxylic acids is 1. The molecule has 2 aliphatic heterocycles. The molecule has 2 unspecified atom stereocenters. The molecule has 1 amide bonds. The molecule has 2 aliphatic rings. The molecule has 9 nitrogen and oxygen atoms in total. The number of hydrogen-bond acceptors (Lipinski definition) is 6. The predicted octanol–water partition coefficient (Wildman–Crippen LogP) is 2.69. The van der Waals surface area contributed by atoms with Crippen LogP contribution in [0, 0.1) is 0 Å². The molecule has 0 bridgehead atoms. The lowest BCUT2D eigenvalue weighted by Crippen LogP contribution is -2.29. The summed E-state index contributed by atoms with van der Waals surface area (Å²) in [5, 5.41) is 3.38. The monoisotopic (exact) mass is 536 g/mol. The van der Waals surface area contributed by atoms with E-state index in [1.54, 1.807) is 36.4 Å². The van der Waals surface area contributed by atoms with E-state index in [1.165, 1.54) is 20.5 Å². The fourth-order valence-corrected chi connectivity index (χ4v) is 6.03. The van der Waals surface area contributed by atoms with Crippen LogP contribution in [0.3, 0.4) is 0 Å². The maximum atomic E-state index is 11.9. The van der Waals surface area contributed by atoms with Crippen molar-refractivity contribution in [2.75, 3.05) is 27.2 Å². The van der Waals surface area contributed by atoms with Crippen LogP contribution >= 0.6 is 0 Å². The molecule has 198 valence electrons. The summed E-state index contributed by atoms with van der Waals surface area (Å²) < 4.78 is 51.0. The molecular formula is C25H36N4O5S2. The van der Waals surface area contributed by atoms with E-state index in [0.29, 0.717) is 17.4 Å². The predicted molar refractivity (Wildman–Crippen MR) is 139 cm³/mol. The fraction of sp³-hybridized carbons (Fsp3) is 0.480. The van der Waals surface area contributed by atoms with E-state index in [0.717, 1.165) is 43.5 Å². The van der Waals surface area contributed by atoms with Crippen molar-refractivity contribution in [2.45, 2.75) is 60.9 Å². The lowest BCUT2D eigenvalue weighted by molar-refractivity contribution is -0.131. The van der Waals surface area contributed by atoms with Crippen molar-refractivity contribution >= 4 is 26.0 Å². The molecule has 2 fully saturated rings. The highest BCUT2D eigenvalue weighted by atomic mass is 32.2. The van der Waals surface area contributed by atoms with Gasteiger partial charge in [0.25, 0.3) is 0 Å². The Hall–Kier alpha value is -2.31. The summed E-state index contributed by atoms with van der Waals surface area (Å²) in [6.45, 7) is 3.69. The summed E-state index contributed by atoms with van der Waals surface area (Å²) in [5.41, 5.74) is 2.16. The van der Waals surface area contributed by atoms with Crippen LogP contribution in [0.4, 0.5) is 0 Å². The van der Waals surface area contributed by atoms with Crippen LogP contribution in [0.5, 0.6) is 0 Å². The van der Waals surface area contributed by atoms with E-state index in [2.05, 4.69) is 14.8 Å². The normalized spacial score (nSPS) is 20.1. The number of carbonyl (C=O) groups is 1. The molecule has 2 saturated heterocycles. The third-order valence-electron chi connectivity index (χ3n) is 6.64. The molecule has 2 atom stereocenters. The van der Waals surface area contributed by atoms with Gasteiger partial charge in [-0.1, -0.05) is 31.2 Å². The van der Waals surface area contributed by atoms with Crippen LogP contribution in [-0.2, 0) is 24.8 Å². The SMILES string of the molecule is CCC(=O)N1CCCC1c1ccc(S(=O)(=O)NC)cc1.CNS(=O)(=O)c1ccc(C2CCCN2)cc1. The second kappa shape index (κ2) is 12.3. The van der Waals surface area contributed by atoms with Crippen molar-refractivity contribution in [3.63, 3.8) is 0 Å². The van der Waals surface area contributed by atoms with Crippen LogP contribution in [0.15, 0.2) is 58.3 Å². The molecule has 0 aromatic heterocycles. The van der Waals surface area contributed by atoms with Gasteiger partial charge in [-0.3, -0.25) is 4.79 Å². The van der Waals surface area contributed by atoms with Crippen LogP contribution < -0.4 is 14.8 Å². The Morgan fingerprint density at radius 2 is 1.39 bits per heavy atom. The molecule has 4 rings (SSSR count). The van der Waals surface area contributed by atoms with Crippen LogP contribution in [0.2, 0.25) is 0 Å². The van der Waals surface area contributed by atoms with E-state index in [-0.39, 0.29) is 16.8 Å². The smallest absolute Gasteiger partial charge is 0.240 e. The highest BCUT2D eigenvalue weighted by Crippen LogP contribution is 2.32. The molecule has 36 heavy (non-hydrogen) atoms. The van der Waals surface area contributed by atoms with Gasteiger partial charge in [0, 0.05) is 19.0 Å². The number of hydrogen-bond donors (Lipinski definition) is 3. The topological polar surface area (TPSA) is 125 Å².